The van der Waals surface area contributed by atoms with Crippen molar-refractivity contribution in [1.29, 1.82) is 0 Å². The van der Waals surface area contributed by atoms with E-state index in [1.807, 2.05) is 0 Å². The molecule has 1 heteroatoms. The molecule has 0 aromatic heterocycles. The number of hydrogen-bond donors (Lipinski definition) is 0. The normalized spacial score (nSPS) is 13.5. The zero-order valence-corrected chi connectivity index (χ0v) is 10.7. The Balaban J connectivity index is 2.18. The molecule has 17 heavy (non-hydrogen) atoms. The standard InChI is InChI=1S/C16H19N/c1-5-12(2)17(4)11-15-10-14-8-6-7-9-16(14)13(15)3/h5-9H,1-2,10-11H2,3-4H3. The molecule has 0 saturated carbocycles. The van der Waals surface area contributed by atoms with Crippen molar-refractivity contribution >= 4 is 5.57 Å². The fourth-order valence-electron chi connectivity index (χ4n) is 2.31. The van der Waals surface area contributed by atoms with Crippen LogP contribution in [-0.4, -0.2) is 18.5 Å². The highest BCUT2D eigenvalue weighted by atomic mass is 15.1. The molecule has 0 atom stereocenters. The molecule has 0 bridgehead atoms. The summed E-state index contributed by atoms with van der Waals surface area (Å²) in [4.78, 5) is 2.15. The van der Waals surface area contributed by atoms with Crippen LogP contribution < -0.4 is 0 Å². The molecular weight excluding hydrogens is 206 g/mol. The Hall–Kier alpha value is -1.76. The molecule has 1 aromatic rings. The quantitative estimate of drug-likeness (QED) is 0.707. The van der Waals surface area contributed by atoms with Crippen LogP contribution in [0.25, 0.3) is 5.57 Å². The van der Waals surface area contributed by atoms with E-state index in [0.717, 1.165) is 18.7 Å². The Kier molecular flexibility index (Phi) is 3.19. The summed E-state index contributed by atoms with van der Waals surface area (Å²) in [6.07, 6.45) is 2.87. The molecule has 1 aliphatic rings. The van der Waals surface area contributed by atoms with Crippen molar-refractivity contribution in [3.63, 3.8) is 0 Å². The summed E-state index contributed by atoms with van der Waals surface area (Å²) in [6, 6.07) is 8.65. The number of allylic oxidation sites excluding steroid dienone is 2. The Morgan fingerprint density at radius 2 is 2.12 bits per heavy atom. The number of rotatable bonds is 4. The van der Waals surface area contributed by atoms with E-state index < -0.39 is 0 Å². The first kappa shape index (κ1) is 11.7. The molecule has 0 fully saturated rings. The summed E-state index contributed by atoms with van der Waals surface area (Å²) in [6.45, 7) is 10.9. The highest BCUT2D eigenvalue weighted by molar-refractivity contribution is 5.75. The van der Waals surface area contributed by atoms with E-state index in [0.29, 0.717) is 0 Å². The second kappa shape index (κ2) is 4.62. The summed E-state index contributed by atoms with van der Waals surface area (Å²) >= 11 is 0. The zero-order valence-electron chi connectivity index (χ0n) is 10.7. The molecule has 1 aromatic carbocycles. The van der Waals surface area contributed by atoms with Gasteiger partial charge in [0, 0.05) is 19.3 Å². The van der Waals surface area contributed by atoms with Crippen molar-refractivity contribution in [3.05, 3.63) is 65.9 Å². The minimum absolute atomic E-state index is 0.936. The second-order valence-electron chi connectivity index (χ2n) is 4.61. The third-order valence-electron chi connectivity index (χ3n) is 3.51. The third kappa shape index (κ3) is 2.19. The first-order valence-corrected chi connectivity index (χ1v) is 5.93. The van der Waals surface area contributed by atoms with Crippen molar-refractivity contribution in [2.24, 2.45) is 0 Å². The van der Waals surface area contributed by atoms with Gasteiger partial charge in [-0.15, -0.1) is 0 Å². The lowest BCUT2D eigenvalue weighted by atomic mass is 10.1. The van der Waals surface area contributed by atoms with Crippen LogP contribution in [0.15, 0.2) is 54.8 Å². The molecule has 0 N–H and O–H groups in total. The number of benzene rings is 1. The van der Waals surface area contributed by atoms with E-state index in [1.54, 1.807) is 6.08 Å². The van der Waals surface area contributed by atoms with Gasteiger partial charge in [-0.1, -0.05) is 37.4 Å². The van der Waals surface area contributed by atoms with Gasteiger partial charge >= 0.3 is 0 Å². The SMILES string of the molecule is C=CC(=C)N(C)CC1=C(C)c2ccccc2C1. The van der Waals surface area contributed by atoms with Crippen LogP contribution in [0.3, 0.4) is 0 Å². The average molecular weight is 225 g/mol. The van der Waals surface area contributed by atoms with Gasteiger partial charge in [0.25, 0.3) is 0 Å². The van der Waals surface area contributed by atoms with Crippen molar-refractivity contribution in [2.45, 2.75) is 13.3 Å². The van der Waals surface area contributed by atoms with Gasteiger partial charge in [0.1, 0.15) is 0 Å². The van der Waals surface area contributed by atoms with Crippen LogP contribution in [0, 0.1) is 0 Å². The predicted molar refractivity (Wildman–Crippen MR) is 74.7 cm³/mol. The Labute approximate surface area is 104 Å². The van der Waals surface area contributed by atoms with Gasteiger partial charge in [-0.2, -0.15) is 0 Å². The molecule has 0 heterocycles. The molecule has 0 radical (unpaired) electrons. The molecule has 0 aliphatic heterocycles. The van der Waals surface area contributed by atoms with Gasteiger partial charge < -0.3 is 4.90 Å². The number of likely N-dealkylation sites (N-methyl/N-ethyl adjacent to an activating group) is 1. The molecule has 2 rings (SSSR count). The highest BCUT2D eigenvalue weighted by Gasteiger charge is 2.18. The van der Waals surface area contributed by atoms with Crippen LogP contribution >= 0.6 is 0 Å². The van der Waals surface area contributed by atoms with E-state index in [9.17, 15) is 0 Å². The van der Waals surface area contributed by atoms with E-state index in [2.05, 4.69) is 56.3 Å². The smallest absolute Gasteiger partial charge is 0.0394 e. The lowest BCUT2D eigenvalue weighted by molar-refractivity contribution is 0.468. The van der Waals surface area contributed by atoms with Crippen LogP contribution in [0.4, 0.5) is 0 Å². The fourth-order valence-corrected chi connectivity index (χ4v) is 2.31. The topological polar surface area (TPSA) is 3.24 Å². The van der Waals surface area contributed by atoms with Gasteiger partial charge in [0.2, 0.25) is 0 Å². The maximum Gasteiger partial charge on any atom is 0.0394 e. The Bertz CT molecular complexity index is 494. The molecule has 0 saturated heterocycles. The molecular formula is C16H19N. The lowest BCUT2D eigenvalue weighted by Crippen LogP contribution is -2.19. The van der Waals surface area contributed by atoms with E-state index in [-0.39, 0.29) is 0 Å². The fraction of sp³-hybridized carbons (Fsp3) is 0.250. The minimum Gasteiger partial charge on any atom is -0.371 e. The monoisotopic (exact) mass is 225 g/mol. The number of hydrogen-bond acceptors (Lipinski definition) is 1. The van der Waals surface area contributed by atoms with Crippen molar-refractivity contribution < 1.29 is 0 Å². The summed E-state index contributed by atoms with van der Waals surface area (Å²) in [5.41, 5.74) is 6.72. The maximum absolute atomic E-state index is 3.97. The summed E-state index contributed by atoms with van der Waals surface area (Å²) in [5.74, 6) is 0. The second-order valence-corrected chi connectivity index (χ2v) is 4.61. The summed E-state index contributed by atoms with van der Waals surface area (Å²) in [5, 5.41) is 0. The predicted octanol–water partition coefficient (Wildman–Crippen LogP) is 3.65. The number of fused-ring (bicyclic) bond motifs is 1. The molecule has 88 valence electrons. The van der Waals surface area contributed by atoms with E-state index in [4.69, 9.17) is 0 Å². The molecule has 1 aliphatic carbocycles. The molecule has 0 unspecified atom stereocenters. The van der Waals surface area contributed by atoms with Crippen LogP contribution in [0.1, 0.15) is 18.1 Å². The van der Waals surface area contributed by atoms with Gasteiger partial charge in [-0.25, -0.2) is 0 Å². The lowest BCUT2D eigenvalue weighted by Gasteiger charge is -2.20. The van der Waals surface area contributed by atoms with Crippen LogP contribution in [-0.2, 0) is 6.42 Å². The molecule has 0 amide bonds. The number of nitrogens with zero attached hydrogens (tertiary/aromatic N) is 1. The minimum atomic E-state index is 0.936. The average Bonchev–Trinajstić information content (AvgIpc) is 2.66. The van der Waals surface area contributed by atoms with E-state index >= 15 is 0 Å². The van der Waals surface area contributed by atoms with Crippen molar-refractivity contribution in [1.82, 2.24) is 4.90 Å². The van der Waals surface area contributed by atoms with Gasteiger partial charge in [-0.3, -0.25) is 0 Å². The van der Waals surface area contributed by atoms with Gasteiger partial charge in [-0.05, 0) is 41.7 Å². The molecule has 1 nitrogen and oxygen atoms in total. The zero-order chi connectivity index (χ0) is 12.4. The van der Waals surface area contributed by atoms with Crippen LogP contribution in [0.2, 0.25) is 0 Å². The molecule has 0 spiro atoms. The van der Waals surface area contributed by atoms with Crippen molar-refractivity contribution in [2.75, 3.05) is 13.6 Å². The summed E-state index contributed by atoms with van der Waals surface area (Å²) < 4.78 is 0. The summed E-state index contributed by atoms with van der Waals surface area (Å²) in [7, 11) is 2.06. The Morgan fingerprint density at radius 1 is 1.41 bits per heavy atom. The first-order chi connectivity index (χ1) is 8.13. The van der Waals surface area contributed by atoms with Crippen LogP contribution in [0.5, 0.6) is 0 Å². The first-order valence-electron chi connectivity index (χ1n) is 5.93. The van der Waals surface area contributed by atoms with Gasteiger partial charge in [0.05, 0.1) is 0 Å². The maximum atomic E-state index is 3.97. The third-order valence-corrected chi connectivity index (χ3v) is 3.51. The van der Waals surface area contributed by atoms with Gasteiger partial charge in [0.15, 0.2) is 0 Å². The van der Waals surface area contributed by atoms with Crippen molar-refractivity contribution in [3.8, 4) is 0 Å². The highest BCUT2D eigenvalue weighted by Crippen LogP contribution is 2.32. The largest absolute Gasteiger partial charge is 0.371 e. The van der Waals surface area contributed by atoms with E-state index in [1.165, 1.54) is 22.3 Å². The Morgan fingerprint density at radius 3 is 2.76 bits per heavy atom.